The van der Waals surface area contributed by atoms with Gasteiger partial charge in [0, 0.05) is 11.4 Å². The lowest BCUT2D eigenvalue weighted by atomic mass is 9.85. The lowest BCUT2D eigenvalue weighted by Gasteiger charge is -2.28. The number of anilines is 1. The first-order valence-corrected chi connectivity index (χ1v) is 12.3. The Labute approximate surface area is 213 Å². The van der Waals surface area contributed by atoms with E-state index < -0.39 is 11.9 Å². The minimum Gasteiger partial charge on any atom is -0.468 e. The number of rotatable bonds is 8. The van der Waals surface area contributed by atoms with Gasteiger partial charge in [-0.15, -0.1) is 0 Å². The highest BCUT2D eigenvalue weighted by Crippen LogP contribution is 2.41. The van der Waals surface area contributed by atoms with E-state index in [1.807, 2.05) is 61.5 Å². The van der Waals surface area contributed by atoms with Crippen LogP contribution in [0, 0.1) is 18.3 Å². The number of nitrogens with one attached hydrogen (secondary N) is 2. The Bertz CT molecular complexity index is 1350. The molecule has 4 rings (SSSR count). The lowest BCUT2D eigenvalue weighted by molar-refractivity contribution is -0.141. The van der Waals surface area contributed by atoms with Gasteiger partial charge in [-0.2, -0.15) is 5.26 Å². The van der Waals surface area contributed by atoms with Crippen molar-refractivity contribution >= 4 is 29.3 Å². The van der Waals surface area contributed by atoms with Crippen LogP contribution in [0.1, 0.15) is 29.7 Å². The number of nitriles is 1. The summed E-state index contributed by atoms with van der Waals surface area (Å²) >= 11 is 1.16. The predicted molar refractivity (Wildman–Crippen MR) is 138 cm³/mol. The smallest absolute Gasteiger partial charge is 0.316 e. The third kappa shape index (κ3) is 5.70. The number of esters is 1. The topological polar surface area (TPSA) is 104 Å². The third-order valence-electron chi connectivity index (χ3n) is 5.69. The second-order valence-corrected chi connectivity index (χ2v) is 9.16. The number of aryl methyl sites for hydroxylation is 1. The molecular weight excluding hydrogens is 474 g/mol. The van der Waals surface area contributed by atoms with Gasteiger partial charge in [-0.25, -0.2) is 0 Å². The average molecular weight is 500 g/mol. The summed E-state index contributed by atoms with van der Waals surface area (Å²) in [6.45, 7) is 3.85. The van der Waals surface area contributed by atoms with Crippen molar-refractivity contribution < 1.29 is 18.7 Å². The molecule has 0 spiro atoms. The van der Waals surface area contributed by atoms with Crippen LogP contribution in [0.4, 0.5) is 5.69 Å². The molecule has 0 saturated heterocycles. The zero-order valence-electron chi connectivity index (χ0n) is 19.9. The Morgan fingerprint density at radius 2 is 1.83 bits per heavy atom. The molecule has 0 saturated carbocycles. The van der Waals surface area contributed by atoms with Crippen LogP contribution in [0.15, 0.2) is 99.3 Å². The first-order chi connectivity index (χ1) is 17.5. The number of furan rings is 1. The lowest BCUT2D eigenvalue weighted by Crippen LogP contribution is -2.31. The van der Waals surface area contributed by atoms with E-state index in [1.165, 1.54) is 6.26 Å². The zero-order valence-corrected chi connectivity index (χ0v) is 20.7. The zero-order chi connectivity index (χ0) is 25.5. The second kappa shape index (κ2) is 11.5. The van der Waals surface area contributed by atoms with Crippen molar-refractivity contribution in [2.45, 2.75) is 26.4 Å². The van der Waals surface area contributed by atoms with Crippen LogP contribution in [-0.2, 0) is 20.9 Å². The molecule has 7 nitrogen and oxygen atoms in total. The van der Waals surface area contributed by atoms with Crippen LogP contribution in [0.5, 0.6) is 0 Å². The van der Waals surface area contributed by atoms with E-state index in [-0.39, 0.29) is 18.3 Å². The number of hydrogen-bond acceptors (Lipinski definition) is 7. The number of allylic oxidation sites excluding steroid dienone is 2. The van der Waals surface area contributed by atoms with E-state index in [0.29, 0.717) is 33.3 Å². The van der Waals surface area contributed by atoms with Crippen molar-refractivity contribution in [1.29, 1.82) is 5.26 Å². The number of thioether (sulfide) groups is 1. The van der Waals surface area contributed by atoms with Crippen LogP contribution in [0.2, 0.25) is 0 Å². The molecule has 36 heavy (non-hydrogen) atoms. The summed E-state index contributed by atoms with van der Waals surface area (Å²) < 4.78 is 11.0. The van der Waals surface area contributed by atoms with Gasteiger partial charge < -0.3 is 19.8 Å². The highest BCUT2D eigenvalue weighted by atomic mass is 32.2. The Kier molecular flexibility index (Phi) is 7.93. The van der Waals surface area contributed by atoms with Crippen molar-refractivity contribution in [3.8, 4) is 6.07 Å². The van der Waals surface area contributed by atoms with Crippen molar-refractivity contribution in [3.05, 3.63) is 112 Å². The molecule has 1 atom stereocenters. The molecule has 1 aliphatic rings. The molecule has 2 aromatic carbocycles. The molecule has 1 aliphatic heterocycles. The van der Waals surface area contributed by atoms with Gasteiger partial charge in [-0.05, 0) is 43.2 Å². The van der Waals surface area contributed by atoms with Crippen molar-refractivity contribution in [2.75, 3.05) is 11.1 Å². The van der Waals surface area contributed by atoms with E-state index in [2.05, 4.69) is 16.7 Å². The Morgan fingerprint density at radius 1 is 1.08 bits per heavy atom. The van der Waals surface area contributed by atoms with Crippen LogP contribution < -0.4 is 10.6 Å². The second-order valence-electron chi connectivity index (χ2n) is 8.17. The van der Waals surface area contributed by atoms with Crippen molar-refractivity contribution in [2.24, 2.45) is 0 Å². The van der Waals surface area contributed by atoms with Crippen molar-refractivity contribution in [1.82, 2.24) is 5.32 Å². The highest BCUT2D eigenvalue weighted by Gasteiger charge is 2.36. The molecule has 3 aromatic rings. The largest absolute Gasteiger partial charge is 0.468 e. The summed E-state index contributed by atoms with van der Waals surface area (Å²) in [5.41, 5.74) is 3.74. The molecule has 0 aliphatic carbocycles. The molecule has 2 N–H and O–H groups in total. The van der Waals surface area contributed by atoms with E-state index >= 15 is 0 Å². The number of carbonyl (C=O) groups excluding carboxylic acids is 2. The maximum atomic E-state index is 13.4. The fraction of sp³-hybridized carbons (Fsp3) is 0.179. The summed E-state index contributed by atoms with van der Waals surface area (Å²) in [6, 6.07) is 22.6. The quantitative estimate of drug-likeness (QED) is 0.400. The minimum atomic E-state index is -0.724. The summed E-state index contributed by atoms with van der Waals surface area (Å²) in [6.07, 6.45) is 1.51. The standard InChI is InChI=1S/C28H25N3O4S/c1-18-9-6-7-12-22(18)31-27(33)25-19(2)30-28(21(15-29)26(25)23-13-8-14-34-23)36-17-24(32)35-16-20-10-4-3-5-11-20/h3-14,26,30H,16-17H2,1-2H3,(H,31,33)/t26-/m1/s1. The van der Waals surface area contributed by atoms with E-state index in [9.17, 15) is 14.9 Å². The van der Waals surface area contributed by atoms with Gasteiger partial charge in [0.05, 0.1) is 40.2 Å². The molecule has 1 amide bonds. The van der Waals surface area contributed by atoms with Crippen LogP contribution in [0.25, 0.3) is 0 Å². The van der Waals surface area contributed by atoms with Gasteiger partial charge in [-0.3, -0.25) is 9.59 Å². The normalized spacial score (nSPS) is 15.2. The molecule has 8 heteroatoms. The number of dihydropyridines is 1. The first-order valence-electron chi connectivity index (χ1n) is 11.3. The summed E-state index contributed by atoms with van der Waals surface area (Å²) in [7, 11) is 0. The number of nitrogens with zero attached hydrogens (tertiary/aromatic N) is 1. The SMILES string of the molecule is CC1=C(C(=O)Nc2ccccc2C)[C@@H](c2ccco2)C(C#N)=C(SCC(=O)OCc2ccccc2)N1. The maximum absolute atomic E-state index is 13.4. The Balaban J connectivity index is 1.55. The first kappa shape index (κ1) is 24.9. The average Bonchev–Trinajstić information content (AvgIpc) is 3.42. The van der Waals surface area contributed by atoms with Crippen LogP contribution in [0.3, 0.4) is 0 Å². The number of para-hydroxylation sites is 1. The van der Waals surface area contributed by atoms with E-state index in [4.69, 9.17) is 9.15 Å². The van der Waals surface area contributed by atoms with Crippen LogP contribution >= 0.6 is 11.8 Å². The van der Waals surface area contributed by atoms with Gasteiger partial charge in [0.25, 0.3) is 5.91 Å². The molecule has 0 bridgehead atoms. The molecule has 182 valence electrons. The summed E-state index contributed by atoms with van der Waals surface area (Å²) in [4.78, 5) is 25.8. The van der Waals surface area contributed by atoms with Crippen molar-refractivity contribution in [3.63, 3.8) is 0 Å². The fourth-order valence-electron chi connectivity index (χ4n) is 3.88. The number of hydrogen-bond donors (Lipinski definition) is 2. The maximum Gasteiger partial charge on any atom is 0.316 e. The predicted octanol–water partition coefficient (Wildman–Crippen LogP) is 5.40. The minimum absolute atomic E-state index is 0.00322. The Hall–Kier alpha value is -4.22. The number of amides is 1. The summed E-state index contributed by atoms with van der Waals surface area (Å²) in [5.74, 6) is -1.00. The van der Waals surface area contributed by atoms with E-state index in [1.54, 1.807) is 19.1 Å². The Morgan fingerprint density at radius 3 is 2.53 bits per heavy atom. The number of benzene rings is 2. The number of carbonyl (C=O) groups is 2. The molecule has 1 aromatic heterocycles. The summed E-state index contributed by atoms with van der Waals surface area (Å²) in [5, 5.41) is 16.7. The van der Waals surface area contributed by atoms with Gasteiger partial charge in [0.2, 0.25) is 0 Å². The van der Waals surface area contributed by atoms with Crippen LogP contribution in [-0.4, -0.2) is 17.6 Å². The van der Waals surface area contributed by atoms with Gasteiger partial charge in [0.15, 0.2) is 0 Å². The molecular formula is C28H25N3O4S. The molecule has 0 unspecified atom stereocenters. The highest BCUT2D eigenvalue weighted by molar-refractivity contribution is 8.03. The van der Waals surface area contributed by atoms with Gasteiger partial charge in [-0.1, -0.05) is 60.3 Å². The van der Waals surface area contributed by atoms with Gasteiger partial charge >= 0.3 is 5.97 Å². The molecule has 0 fully saturated rings. The molecule has 0 radical (unpaired) electrons. The van der Waals surface area contributed by atoms with E-state index in [0.717, 1.165) is 22.9 Å². The van der Waals surface area contributed by atoms with Gasteiger partial charge in [0.1, 0.15) is 12.4 Å². The third-order valence-corrected chi connectivity index (χ3v) is 6.68. The number of ether oxygens (including phenoxy) is 1. The monoisotopic (exact) mass is 499 g/mol. The fourth-order valence-corrected chi connectivity index (χ4v) is 4.77. The molecule has 2 heterocycles.